The highest BCUT2D eigenvalue weighted by atomic mass is 15.2. The molecule has 2 nitrogen and oxygen atoms in total. The van der Waals surface area contributed by atoms with E-state index in [0.29, 0.717) is 0 Å². The molecule has 2 saturated carbocycles. The molecule has 0 heterocycles. The summed E-state index contributed by atoms with van der Waals surface area (Å²) in [5.74, 6) is 1.67. The van der Waals surface area contributed by atoms with Crippen molar-refractivity contribution in [1.82, 2.24) is 4.90 Å². The average Bonchev–Trinajstić information content (AvgIpc) is 2.90. The van der Waals surface area contributed by atoms with Crippen molar-refractivity contribution in [2.45, 2.75) is 64.5 Å². The van der Waals surface area contributed by atoms with Crippen LogP contribution in [0.25, 0.3) is 0 Å². The lowest BCUT2D eigenvalue weighted by Gasteiger charge is -2.38. The lowest BCUT2D eigenvalue weighted by atomic mass is 9.97. The minimum absolute atomic E-state index is 0.771. The van der Waals surface area contributed by atoms with Gasteiger partial charge in [0.15, 0.2) is 0 Å². The predicted molar refractivity (Wildman–Crippen MR) is 69.4 cm³/mol. The summed E-state index contributed by atoms with van der Waals surface area (Å²) in [6, 6.07) is 1.64. The van der Waals surface area contributed by atoms with Gasteiger partial charge in [-0.05, 0) is 50.6 Å². The molecule has 0 aromatic carbocycles. The minimum atomic E-state index is 0.771. The van der Waals surface area contributed by atoms with Gasteiger partial charge in [-0.2, -0.15) is 0 Å². The molecule has 0 aromatic rings. The summed E-state index contributed by atoms with van der Waals surface area (Å²) in [7, 11) is 0. The van der Waals surface area contributed by atoms with E-state index in [-0.39, 0.29) is 0 Å². The van der Waals surface area contributed by atoms with E-state index in [9.17, 15) is 0 Å². The second-order valence-corrected chi connectivity index (χ2v) is 5.80. The predicted octanol–water partition coefficient (Wildman–Crippen LogP) is 2.62. The quantitative estimate of drug-likeness (QED) is 0.795. The maximum absolute atomic E-state index is 5.92. The summed E-state index contributed by atoms with van der Waals surface area (Å²) in [6.45, 7) is 6.88. The van der Waals surface area contributed by atoms with Crippen molar-refractivity contribution in [2.75, 3.05) is 13.1 Å². The van der Waals surface area contributed by atoms with Crippen LogP contribution in [0.5, 0.6) is 0 Å². The Balaban J connectivity index is 2.03. The van der Waals surface area contributed by atoms with Gasteiger partial charge in [-0.3, -0.25) is 4.90 Å². The van der Waals surface area contributed by atoms with Gasteiger partial charge < -0.3 is 5.73 Å². The van der Waals surface area contributed by atoms with Crippen LogP contribution in [-0.2, 0) is 0 Å². The first-order valence-electron chi connectivity index (χ1n) is 7.23. The number of hydrogen-bond acceptors (Lipinski definition) is 2. The van der Waals surface area contributed by atoms with Gasteiger partial charge in [0.2, 0.25) is 0 Å². The smallest absolute Gasteiger partial charge is 0.0138 e. The summed E-state index contributed by atoms with van der Waals surface area (Å²) >= 11 is 0. The highest BCUT2D eigenvalue weighted by Crippen LogP contribution is 2.36. The first-order valence-corrected chi connectivity index (χ1v) is 7.23. The second kappa shape index (κ2) is 5.50. The molecular weight excluding hydrogens is 196 g/mol. The van der Waals surface area contributed by atoms with E-state index in [1.54, 1.807) is 0 Å². The van der Waals surface area contributed by atoms with Crippen LogP contribution >= 0.6 is 0 Å². The van der Waals surface area contributed by atoms with E-state index in [2.05, 4.69) is 18.7 Å². The first-order chi connectivity index (χ1) is 7.77. The minimum Gasteiger partial charge on any atom is -0.330 e. The van der Waals surface area contributed by atoms with E-state index in [1.165, 1.54) is 45.1 Å². The standard InChI is InChI=1S/C14H28N2/c1-3-16(13-8-4-6-11(13)2)14-9-5-7-12(14)10-15/h11-14H,3-10,15H2,1-2H3. The van der Waals surface area contributed by atoms with Crippen LogP contribution in [0, 0.1) is 11.8 Å². The Morgan fingerprint density at radius 2 is 1.75 bits per heavy atom. The molecule has 2 fully saturated rings. The Morgan fingerprint density at radius 3 is 2.31 bits per heavy atom. The maximum Gasteiger partial charge on any atom is 0.0138 e. The van der Waals surface area contributed by atoms with Crippen LogP contribution in [0.15, 0.2) is 0 Å². The van der Waals surface area contributed by atoms with E-state index in [4.69, 9.17) is 5.73 Å². The molecule has 0 radical (unpaired) electrons. The van der Waals surface area contributed by atoms with Crippen molar-refractivity contribution in [3.8, 4) is 0 Å². The van der Waals surface area contributed by atoms with Gasteiger partial charge in [0.1, 0.15) is 0 Å². The Bertz CT molecular complexity index is 217. The zero-order chi connectivity index (χ0) is 11.5. The Labute approximate surface area is 101 Å². The summed E-state index contributed by atoms with van der Waals surface area (Å²) < 4.78 is 0. The van der Waals surface area contributed by atoms with Gasteiger partial charge in [-0.15, -0.1) is 0 Å². The molecule has 2 aliphatic rings. The lowest BCUT2D eigenvalue weighted by Crippen LogP contribution is -2.47. The third-order valence-electron chi connectivity index (χ3n) is 4.96. The molecule has 2 rings (SSSR count). The van der Waals surface area contributed by atoms with Crippen LogP contribution in [0.1, 0.15) is 52.4 Å². The summed E-state index contributed by atoms with van der Waals surface area (Å²) in [6.07, 6.45) is 8.42. The SMILES string of the molecule is CCN(C1CCCC1C)C1CCCC1CN. The number of nitrogens with two attached hydrogens (primary N) is 1. The molecule has 0 saturated heterocycles. The van der Waals surface area contributed by atoms with Crippen molar-refractivity contribution in [2.24, 2.45) is 17.6 Å². The third kappa shape index (κ3) is 2.28. The fraction of sp³-hybridized carbons (Fsp3) is 1.00. The molecular formula is C14H28N2. The molecule has 0 amide bonds. The van der Waals surface area contributed by atoms with E-state index in [1.807, 2.05) is 0 Å². The molecule has 0 aliphatic heterocycles. The monoisotopic (exact) mass is 224 g/mol. The molecule has 2 aliphatic carbocycles. The first kappa shape index (κ1) is 12.4. The van der Waals surface area contributed by atoms with E-state index < -0.39 is 0 Å². The van der Waals surface area contributed by atoms with E-state index >= 15 is 0 Å². The van der Waals surface area contributed by atoms with E-state index in [0.717, 1.165) is 30.5 Å². The van der Waals surface area contributed by atoms with Crippen molar-refractivity contribution in [3.05, 3.63) is 0 Å². The zero-order valence-corrected chi connectivity index (χ0v) is 11.0. The average molecular weight is 224 g/mol. The lowest BCUT2D eigenvalue weighted by molar-refractivity contribution is 0.0947. The maximum atomic E-state index is 5.92. The molecule has 4 unspecified atom stereocenters. The second-order valence-electron chi connectivity index (χ2n) is 5.80. The van der Waals surface area contributed by atoms with Crippen LogP contribution in [0.2, 0.25) is 0 Å². The van der Waals surface area contributed by atoms with Crippen molar-refractivity contribution >= 4 is 0 Å². The zero-order valence-electron chi connectivity index (χ0n) is 11.0. The van der Waals surface area contributed by atoms with Gasteiger partial charge in [0.25, 0.3) is 0 Å². The Hall–Kier alpha value is -0.0800. The third-order valence-corrected chi connectivity index (χ3v) is 4.96. The van der Waals surface area contributed by atoms with Crippen molar-refractivity contribution in [1.29, 1.82) is 0 Å². The molecule has 94 valence electrons. The van der Waals surface area contributed by atoms with Crippen LogP contribution < -0.4 is 5.73 Å². The van der Waals surface area contributed by atoms with Gasteiger partial charge in [-0.25, -0.2) is 0 Å². The van der Waals surface area contributed by atoms with Crippen molar-refractivity contribution in [3.63, 3.8) is 0 Å². The van der Waals surface area contributed by atoms with Gasteiger partial charge in [0.05, 0.1) is 0 Å². The molecule has 2 N–H and O–H groups in total. The summed E-state index contributed by atoms with van der Waals surface area (Å²) in [5, 5.41) is 0. The van der Waals surface area contributed by atoms with Crippen LogP contribution in [0.3, 0.4) is 0 Å². The van der Waals surface area contributed by atoms with Crippen LogP contribution in [0.4, 0.5) is 0 Å². The highest BCUT2D eigenvalue weighted by Gasteiger charge is 2.37. The summed E-state index contributed by atoms with van der Waals surface area (Å²) in [5.41, 5.74) is 5.92. The Morgan fingerprint density at radius 1 is 1.06 bits per heavy atom. The fourth-order valence-electron chi connectivity index (χ4n) is 4.06. The fourth-order valence-corrected chi connectivity index (χ4v) is 4.06. The number of rotatable bonds is 4. The van der Waals surface area contributed by atoms with Gasteiger partial charge >= 0.3 is 0 Å². The van der Waals surface area contributed by atoms with Crippen LogP contribution in [-0.4, -0.2) is 30.1 Å². The summed E-state index contributed by atoms with van der Waals surface area (Å²) in [4.78, 5) is 2.79. The molecule has 4 atom stereocenters. The normalized spacial score (nSPS) is 39.8. The molecule has 2 heteroatoms. The Kier molecular flexibility index (Phi) is 4.26. The topological polar surface area (TPSA) is 29.3 Å². The molecule has 0 aromatic heterocycles. The number of nitrogens with zero attached hydrogens (tertiary/aromatic N) is 1. The molecule has 0 bridgehead atoms. The van der Waals surface area contributed by atoms with Gasteiger partial charge in [0, 0.05) is 12.1 Å². The molecule has 16 heavy (non-hydrogen) atoms. The van der Waals surface area contributed by atoms with Crippen molar-refractivity contribution < 1.29 is 0 Å². The largest absolute Gasteiger partial charge is 0.330 e. The number of hydrogen-bond donors (Lipinski definition) is 1. The molecule has 0 spiro atoms. The highest BCUT2D eigenvalue weighted by molar-refractivity contribution is 4.92. The van der Waals surface area contributed by atoms with Gasteiger partial charge in [-0.1, -0.05) is 26.7 Å².